The van der Waals surface area contributed by atoms with Gasteiger partial charge in [0.05, 0.1) is 23.8 Å². The van der Waals surface area contributed by atoms with Crippen molar-refractivity contribution < 1.29 is 9.90 Å². The largest absolute Gasteiger partial charge is 0.508 e. The first kappa shape index (κ1) is 16.3. The Labute approximate surface area is 151 Å². The topological polar surface area (TPSA) is 71.2 Å². The Morgan fingerprint density at radius 1 is 1.15 bits per heavy atom. The van der Waals surface area contributed by atoms with Gasteiger partial charge in [-0.2, -0.15) is 0 Å². The summed E-state index contributed by atoms with van der Waals surface area (Å²) in [4.78, 5) is 14.7. The molecule has 1 aliphatic rings. The quantitative estimate of drug-likeness (QED) is 0.790. The van der Waals surface area contributed by atoms with E-state index in [1.807, 2.05) is 52.9 Å². The molecule has 0 aliphatic carbocycles. The minimum atomic E-state index is -0.312. The van der Waals surface area contributed by atoms with E-state index in [-0.39, 0.29) is 17.6 Å². The van der Waals surface area contributed by atoms with E-state index in [2.05, 4.69) is 10.3 Å². The van der Waals surface area contributed by atoms with E-state index in [0.29, 0.717) is 13.1 Å². The van der Waals surface area contributed by atoms with E-state index in [1.54, 1.807) is 18.2 Å². The predicted octanol–water partition coefficient (Wildman–Crippen LogP) is 2.66. The van der Waals surface area contributed by atoms with Gasteiger partial charge in [-0.05, 0) is 36.8 Å². The van der Waals surface area contributed by atoms with Crippen molar-refractivity contribution in [2.45, 2.75) is 25.8 Å². The molecule has 0 bridgehead atoms. The van der Waals surface area contributed by atoms with Gasteiger partial charge in [-0.15, -0.1) is 5.10 Å². The van der Waals surface area contributed by atoms with E-state index in [0.717, 1.165) is 29.1 Å². The smallest absolute Gasteiger partial charge is 0.230 e. The summed E-state index contributed by atoms with van der Waals surface area (Å²) in [5, 5.41) is 18.2. The van der Waals surface area contributed by atoms with Gasteiger partial charge >= 0.3 is 0 Å². The molecule has 6 heteroatoms. The van der Waals surface area contributed by atoms with Crippen molar-refractivity contribution >= 4 is 5.91 Å². The van der Waals surface area contributed by atoms with Crippen LogP contribution in [-0.2, 0) is 17.8 Å². The number of benzene rings is 2. The second-order valence-corrected chi connectivity index (χ2v) is 6.56. The lowest BCUT2D eigenvalue weighted by Gasteiger charge is -2.29. The predicted molar refractivity (Wildman–Crippen MR) is 97.0 cm³/mol. The van der Waals surface area contributed by atoms with Crippen LogP contribution in [0.5, 0.6) is 5.75 Å². The van der Waals surface area contributed by atoms with Gasteiger partial charge in [0.15, 0.2) is 0 Å². The van der Waals surface area contributed by atoms with Crippen LogP contribution in [0.25, 0.3) is 5.69 Å². The highest BCUT2D eigenvalue weighted by Gasteiger charge is 2.29. The van der Waals surface area contributed by atoms with Crippen molar-refractivity contribution in [1.29, 1.82) is 0 Å². The summed E-state index contributed by atoms with van der Waals surface area (Å²) in [6.07, 6.45) is 0.718. The summed E-state index contributed by atoms with van der Waals surface area (Å²) in [6.45, 7) is 2.97. The van der Waals surface area contributed by atoms with Crippen LogP contribution in [0.3, 0.4) is 0 Å². The maximum Gasteiger partial charge on any atom is 0.230 e. The molecular formula is C20H20N4O2. The Bertz CT molecular complexity index is 936. The fourth-order valence-electron chi connectivity index (χ4n) is 3.38. The van der Waals surface area contributed by atoms with E-state index in [9.17, 15) is 9.90 Å². The molecule has 0 radical (unpaired) electrons. The molecule has 0 saturated heterocycles. The molecule has 1 aromatic heterocycles. The van der Waals surface area contributed by atoms with Crippen molar-refractivity contribution in [1.82, 2.24) is 19.9 Å². The molecule has 2 heterocycles. The van der Waals surface area contributed by atoms with Crippen LogP contribution in [0.2, 0.25) is 0 Å². The van der Waals surface area contributed by atoms with Gasteiger partial charge in [-0.3, -0.25) is 4.79 Å². The number of phenols is 1. The Kier molecular flexibility index (Phi) is 4.16. The van der Waals surface area contributed by atoms with E-state index < -0.39 is 0 Å². The van der Waals surface area contributed by atoms with E-state index in [1.165, 1.54) is 0 Å². The molecule has 0 fully saturated rings. The van der Waals surface area contributed by atoms with Crippen LogP contribution in [0, 0.1) is 0 Å². The number of aromatic nitrogens is 3. The Balaban J connectivity index is 1.54. The third-order valence-electron chi connectivity index (χ3n) is 4.86. The molecule has 1 atom stereocenters. The van der Waals surface area contributed by atoms with Gasteiger partial charge in [-0.25, -0.2) is 4.68 Å². The van der Waals surface area contributed by atoms with Gasteiger partial charge in [0, 0.05) is 13.0 Å². The number of carbonyl (C=O) groups excluding carboxylic acids is 1. The summed E-state index contributed by atoms with van der Waals surface area (Å²) in [6, 6.07) is 16.8. The van der Waals surface area contributed by atoms with Crippen molar-refractivity contribution in [2.75, 3.05) is 6.54 Å². The molecule has 26 heavy (non-hydrogen) atoms. The number of fused-ring (bicyclic) bond motifs is 1. The van der Waals surface area contributed by atoms with Crippen LogP contribution >= 0.6 is 0 Å². The molecule has 6 nitrogen and oxygen atoms in total. The van der Waals surface area contributed by atoms with Gasteiger partial charge < -0.3 is 10.0 Å². The SMILES string of the molecule is CC(C(=O)N1CCc2c(nnn2-c2ccccc2)C1)c1cccc(O)c1. The van der Waals surface area contributed by atoms with Crippen LogP contribution in [0.4, 0.5) is 0 Å². The highest BCUT2D eigenvalue weighted by Crippen LogP contribution is 2.25. The second-order valence-electron chi connectivity index (χ2n) is 6.56. The number of rotatable bonds is 3. The maximum atomic E-state index is 12.9. The van der Waals surface area contributed by atoms with Crippen molar-refractivity contribution in [3.8, 4) is 11.4 Å². The zero-order valence-corrected chi connectivity index (χ0v) is 14.5. The number of amides is 1. The average Bonchev–Trinajstić information content (AvgIpc) is 3.10. The molecule has 1 unspecified atom stereocenters. The van der Waals surface area contributed by atoms with Crippen molar-refractivity contribution in [3.63, 3.8) is 0 Å². The Morgan fingerprint density at radius 3 is 2.73 bits per heavy atom. The summed E-state index contributed by atoms with van der Waals surface area (Å²) in [5.74, 6) is -0.0998. The van der Waals surface area contributed by atoms with Crippen molar-refractivity contribution in [3.05, 3.63) is 71.5 Å². The lowest BCUT2D eigenvalue weighted by Crippen LogP contribution is -2.38. The number of carbonyl (C=O) groups is 1. The number of aromatic hydroxyl groups is 1. The summed E-state index contributed by atoms with van der Waals surface area (Å²) in [7, 11) is 0. The molecule has 4 rings (SSSR count). The summed E-state index contributed by atoms with van der Waals surface area (Å²) in [5.41, 5.74) is 3.70. The first-order valence-electron chi connectivity index (χ1n) is 8.70. The lowest BCUT2D eigenvalue weighted by molar-refractivity contribution is -0.133. The molecule has 0 saturated carbocycles. The first-order chi connectivity index (χ1) is 12.6. The fourth-order valence-corrected chi connectivity index (χ4v) is 3.38. The minimum Gasteiger partial charge on any atom is -0.508 e. The van der Waals surface area contributed by atoms with Gasteiger partial charge in [0.2, 0.25) is 5.91 Å². The molecule has 0 spiro atoms. The van der Waals surface area contributed by atoms with E-state index >= 15 is 0 Å². The number of hydrogen-bond acceptors (Lipinski definition) is 4. The summed E-state index contributed by atoms with van der Waals surface area (Å²) < 4.78 is 1.86. The van der Waals surface area contributed by atoms with Crippen LogP contribution in [0.1, 0.15) is 29.8 Å². The van der Waals surface area contributed by atoms with Gasteiger partial charge in [0.1, 0.15) is 11.4 Å². The third kappa shape index (κ3) is 2.94. The number of para-hydroxylation sites is 1. The first-order valence-corrected chi connectivity index (χ1v) is 8.70. The van der Waals surface area contributed by atoms with Crippen LogP contribution in [-0.4, -0.2) is 37.5 Å². The standard InChI is InChI=1S/C20H20N4O2/c1-14(15-6-5-9-17(25)12-15)20(26)23-11-10-19-18(13-23)21-22-24(19)16-7-3-2-4-8-16/h2-9,12,14,25H,10-11,13H2,1H3. The highest BCUT2D eigenvalue weighted by molar-refractivity contribution is 5.83. The van der Waals surface area contributed by atoms with E-state index in [4.69, 9.17) is 0 Å². The maximum absolute atomic E-state index is 12.9. The monoisotopic (exact) mass is 348 g/mol. The molecular weight excluding hydrogens is 328 g/mol. The number of nitrogens with zero attached hydrogens (tertiary/aromatic N) is 4. The lowest BCUT2D eigenvalue weighted by atomic mass is 9.98. The summed E-state index contributed by atoms with van der Waals surface area (Å²) >= 11 is 0. The zero-order valence-electron chi connectivity index (χ0n) is 14.5. The molecule has 1 N–H and O–H groups in total. The molecule has 3 aromatic rings. The van der Waals surface area contributed by atoms with Gasteiger partial charge in [0.25, 0.3) is 0 Å². The average molecular weight is 348 g/mol. The zero-order chi connectivity index (χ0) is 18.1. The molecule has 132 valence electrons. The van der Waals surface area contributed by atoms with Gasteiger partial charge in [-0.1, -0.05) is 35.5 Å². The second kappa shape index (κ2) is 6.63. The number of hydrogen-bond donors (Lipinski definition) is 1. The fraction of sp³-hybridized carbons (Fsp3) is 0.250. The normalized spacial score (nSPS) is 14.7. The van der Waals surface area contributed by atoms with Crippen LogP contribution < -0.4 is 0 Å². The Hall–Kier alpha value is -3.15. The highest BCUT2D eigenvalue weighted by atomic mass is 16.3. The third-order valence-corrected chi connectivity index (χ3v) is 4.86. The van der Waals surface area contributed by atoms with Crippen molar-refractivity contribution in [2.24, 2.45) is 0 Å². The molecule has 1 amide bonds. The minimum absolute atomic E-state index is 0.0375. The Morgan fingerprint density at radius 2 is 1.96 bits per heavy atom. The number of phenolic OH excluding ortho intramolecular Hbond substituents is 1. The van der Waals surface area contributed by atoms with Crippen LogP contribution in [0.15, 0.2) is 54.6 Å². The molecule has 1 aliphatic heterocycles. The molecule has 2 aromatic carbocycles.